The Bertz CT molecular complexity index is 1400. The smallest absolute Gasteiger partial charge is 0.442 e. The number of rotatable bonds is 13. The maximum atomic E-state index is 13.8. The maximum Gasteiger partial charge on any atom is 0.442 e. The minimum absolute atomic E-state index is 0.0688. The number of carbonyl (C=O) groups excluding carboxylic acids is 3. The molecule has 2 aromatic carbocycles. The molecule has 1 saturated carbocycles. The molecule has 1 aromatic heterocycles. The van der Waals surface area contributed by atoms with E-state index in [0.29, 0.717) is 25.1 Å². The van der Waals surface area contributed by atoms with Crippen LogP contribution in [0, 0.1) is 17.8 Å². The van der Waals surface area contributed by atoms with Crippen molar-refractivity contribution in [2.75, 3.05) is 0 Å². The van der Waals surface area contributed by atoms with Gasteiger partial charge in [0.15, 0.2) is 11.6 Å². The number of Topliss-reactive ketones (excluding diaryl/α,β-unsaturated/α-hetero) is 1. The molecule has 0 saturated heterocycles. The first kappa shape index (κ1) is 29.8. The van der Waals surface area contributed by atoms with E-state index in [1.807, 2.05) is 88.4 Å². The summed E-state index contributed by atoms with van der Waals surface area (Å²) < 4.78 is 11.5. The van der Waals surface area contributed by atoms with E-state index in [2.05, 4.69) is 15.8 Å². The van der Waals surface area contributed by atoms with Crippen LogP contribution < -0.4 is 16.4 Å². The largest absolute Gasteiger partial charge is 0.445 e. The lowest BCUT2D eigenvalue weighted by Gasteiger charge is -2.25. The van der Waals surface area contributed by atoms with E-state index in [1.54, 1.807) is 0 Å². The Morgan fingerprint density at radius 1 is 1.02 bits per heavy atom. The van der Waals surface area contributed by atoms with Gasteiger partial charge < -0.3 is 15.4 Å². The molecule has 4 rings (SSSR count). The van der Waals surface area contributed by atoms with Crippen molar-refractivity contribution in [2.24, 2.45) is 17.8 Å². The van der Waals surface area contributed by atoms with Crippen molar-refractivity contribution in [1.29, 1.82) is 0 Å². The number of amides is 2. The summed E-state index contributed by atoms with van der Waals surface area (Å²) in [7, 11) is 0. The van der Waals surface area contributed by atoms with Crippen molar-refractivity contribution in [3.8, 4) is 0 Å². The topological polar surface area (TPSA) is 133 Å². The van der Waals surface area contributed by atoms with Crippen molar-refractivity contribution in [3.05, 3.63) is 88.2 Å². The molecule has 10 nitrogen and oxygen atoms in total. The van der Waals surface area contributed by atoms with E-state index in [0.717, 1.165) is 11.1 Å². The second-order valence-corrected chi connectivity index (χ2v) is 11.4. The van der Waals surface area contributed by atoms with Gasteiger partial charge in [0.1, 0.15) is 18.2 Å². The summed E-state index contributed by atoms with van der Waals surface area (Å²) in [6.45, 7) is 7.65. The normalized spacial score (nSPS) is 18.6. The van der Waals surface area contributed by atoms with Crippen molar-refractivity contribution in [1.82, 2.24) is 20.4 Å². The minimum Gasteiger partial charge on any atom is -0.445 e. The highest BCUT2D eigenvalue weighted by molar-refractivity contribution is 5.98. The molecule has 0 aliphatic heterocycles. The first-order valence-electron chi connectivity index (χ1n) is 14.0. The number of alkyl carbamates (subject to hydrolysis) is 1. The van der Waals surface area contributed by atoms with Gasteiger partial charge in [-0.15, -0.1) is 0 Å². The standard InChI is InChI=1S/C31H38N4O6/c1-20(2)15-25(32-29(38)40-19-23-13-9-6-10-14-23)28(37)33-31(17-24(31)21(3)4)26(36)18-35-27(34-41-30(35)39)16-22-11-7-5-8-12-22/h5-14,20-21,24-25H,15-19H2,1-4H3,(H,32,38)(H,33,37)/t24?,25-,31?/m0/s1. The van der Waals surface area contributed by atoms with Crippen molar-refractivity contribution in [2.45, 2.75) is 71.7 Å². The van der Waals surface area contributed by atoms with E-state index in [-0.39, 0.29) is 36.7 Å². The highest BCUT2D eigenvalue weighted by Crippen LogP contribution is 2.49. The third-order valence-electron chi connectivity index (χ3n) is 7.46. The van der Waals surface area contributed by atoms with Crippen LogP contribution in [-0.2, 0) is 33.9 Å². The average molecular weight is 563 g/mol. The lowest BCUT2D eigenvalue weighted by molar-refractivity contribution is -0.131. The predicted octanol–water partition coefficient (Wildman–Crippen LogP) is 3.87. The molecule has 1 aliphatic carbocycles. The van der Waals surface area contributed by atoms with Gasteiger partial charge in [-0.1, -0.05) is 93.5 Å². The molecule has 3 aromatic rings. The fourth-order valence-electron chi connectivity index (χ4n) is 5.19. The van der Waals surface area contributed by atoms with Crippen LogP contribution in [0.4, 0.5) is 4.79 Å². The highest BCUT2D eigenvalue weighted by atomic mass is 16.5. The van der Waals surface area contributed by atoms with Crippen LogP contribution in [0.15, 0.2) is 70.0 Å². The Balaban J connectivity index is 1.47. The molecular weight excluding hydrogens is 524 g/mol. The minimum atomic E-state index is -1.16. The van der Waals surface area contributed by atoms with E-state index in [1.165, 1.54) is 4.57 Å². The van der Waals surface area contributed by atoms with E-state index in [9.17, 15) is 19.2 Å². The zero-order valence-electron chi connectivity index (χ0n) is 24.0. The number of hydrogen-bond acceptors (Lipinski definition) is 7. The second-order valence-electron chi connectivity index (χ2n) is 11.4. The molecule has 41 heavy (non-hydrogen) atoms. The monoisotopic (exact) mass is 562 g/mol. The molecule has 2 unspecified atom stereocenters. The van der Waals surface area contributed by atoms with Gasteiger partial charge in [-0.2, -0.15) is 0 Å². The van der Waals surface area contributed by atoms with Gasteiger partial charge in [0.25, 0.3) is 0 Å². The summed E-state index contributed by atoms with van der Waals surface area (Å²) in [5.74, 6) is -1.09. The van der Waals surface area contributed by atoms with Crippen molar-refractivity contribution >= 4 is 17.8 Å². The summed E-state index contributed by atoms with van der Waals surface area (Å²) >= 11 is 0. The molecule has 3 atom stereocenters. The number of nitrogens with one attached hydrogen (secondary N) is 2. The molecule has 2 N–H and O–H groups in total. The Morgan fingerprint density at radius 3 is 2.24 bits per heavy atom. The molecule has 0 bridgehead atoms. The maximum absolute atomic E-state index is 13.8. The summed E-state index contributed by atoms with van der Waals surface area (Å²) in [5.41, 5.74) is 0.584. The number of aromatic nitrogens is 2. The Hall–Kier alpha value is -4.21. The zero-order valence-corrected chi connectivity index (χ0v) is 24.0. The summed E-state index contributed by atoms with van der Waals surface area (Å²) in [4.78, 5) is 52.4. The molecule has 1 heterocycles. The van der Waals surface area contributed by atoms with E-state index < -0.39 is 29.3 Å². The number of hydrogen-bond donors (Lipinski definition) is 2. The second kappa shape index (κ2) is 13.0. The Morgan fingerprint density at radius 2 is 1.66 bits per heavy atom. The van der Waals surface area contributed by atoms with Crippen molar-refractivity contribution < 1.29 is 23.6 Å². The highest BCUT2D eigenvalue weighted by Gasteiger charge is 2.61. The SMILES string of the molecule is CC(C)C[C@H](NC(=O)OCc1ccccc1)C(=O)NC1(C(=O)Cn2c(Cc3ccccc3)noc2=O)CC1C(C)C. The number of nitrogens with zero attached hydrogens (tertiary/aromatic N) is 2. The first-order chi connectivity index (χ1) is 19.6. The fourth-order valence-corrected chi connectivity index (χ4v) is 5.19. The molecule has 218 valence electrons. The molecule has 10 heteroatoms. The van der Waals surface area contributed by atoms with Gasteiger partial charge in [0.2, 0.25) is 5.91 Å². The van der Waals surface area contributed by atoms with Gasteiger partial charge in [-0.3, -0.25) is 18.7 Å². The quantitative estimate of drug-likeness (QED) is 0.323. The number of ether oxygens (including phenoxy) is 1. The van der Waals surface area contributed by atoms with E-state index in [4.69, 9.17) is 9.26 Å². The number of carbonyl (C=O) groups is 3. The fraction of sp³-hybridized carbons (Fsp3) is 0.452. The number of benzene rings is 2. The molecule has 2 amide bonds. The van der Waals surface area contributed by atoms with Crippen LogP contribution in [0.5, 0.6) is 0 Å². The van der Waals surface area contributed by atoms with E-state index >= 15 is 0 Å². The van der Waals surface area contributed by atoms with Crippen LogP contribution in [0.3, 0.4) is 0 Å². The third-order valence-corrected chi connectivity index (χ3v) is 7.46. The lowest BCUT2D eigenvalue weighted by Crippen LogP contribution is -2.55. The van der Waals surface area contributed by atoms with Crippen LogP contribution in [0.2, 0.25) is 0 Å². The van der Waals surface area contributed by atoms with Crippen LogP contribution in [-0.4, -0.2) is 39.1 Å². The lowest BCUT2D eigenvalue weighted by atomic mass is 9.98. The Labute approximate surface area is 239 Å². The van der Waals surface area contributed by atoms with Gasteiger partial charge in [-0.05, 0) is 41.7 Å². The summed E-state index contributed by atoms with van der Waals surface area (Å²) in [5, 5.41) is 9.53. The van der Waals surface area contributed by atoms with Gasteiger partial charge in [-0.25, -0.2) is 9.59 Å². The van der Waals surface area contributed by atoms with Gasteiger partial charge >= 0.3 is 11.8 Å². The molecular formula is C31H38N4O6. The first-order valence-corrected chi connectivity index (χ1v) is 14.0. The summed E-state index contributed by atoms with van der Waals surface area (Å²) in [6.07, 6.45) is 0.400. The molecule has 0 radical (unpaired) electrons. The van der Waals surface area contributed by atoms with Crippen LogP contribution >= 0.6 is 0 Å². The Kier molecular flexibility index (Phi) is 9.42. The predicted molar refractivity (Wildman–Crippen MR) is 152 cm³/mol. The molecule has 0 spiro atoms. The number of ketones is 1. The third kappa shape index (κ3) is 7.50. The van der Waals surface area contributed by atoms with Gasteiger partial charge in [0.05, 0.1) is 6.54 Å². The summed E-state index contributed by atoms with van der Waals surface area (Å²) in [6, 6.07) is 17.8. The van der Waals surface area contributed by atoms with Gasteiger partial charge in [0, 0.05) is 6.42 Å². The average Bonchev–Trinajstić information content (AvgIpc) is 3.59. The molecule has 1 fully saturated rings. The van der Waals surface area contributed by atoms with Crippen LogP contribution in [0.25, 0.3) is 0 Å². The molecule has 1 aliphatic rings. The van der Waals surface area contributed by atoms with Crippen LogP contribution in [0.1, 0.15) is 57.5 Å². The zero-order chi connectivity index (χ0) is 29.6. The van der Waals surface area contributed by atoms with Crippen molar-refractivity contribution in [3.63, 3.8) is 0 Å².